The highest BCUT2D eigenvalue weighted by Crippen LogP contribution is 2.29. The zero-order valence-corrected chi connectivity index (χ0v) is 20.2. The second-order valence-corrected chi connectivity index (χ2v) is 8.34. The third-order valence-electron chi connectivity index (χ3n) is 5.46. The van der Waals surface area contributed by atoms with Gasteiger partial charge in [-0.05, 0) is 62.5 Å². The van der Waals surface area contributed by atoms with Crippen LogP contribution < -0.4 is 4.90 Å². The van der Waals surface area contributed by atoms with E-state index in [2.05, 4.69) is 0 Å². The van der Waals surface area contributed by atoms with Crippen molar-refractivity contribution in [2.45, 2.75) is 20.4 Å². The fourth-order valence-corrected chi connectivity index (χ4v) is 4.42. The van der Waals surface area contributed by atoms with E-state index in [0.29, 0.717) is 22.8 Å². The van der Waals surface area contributed by atoms with E-state index in [0.717, 1.165) is 10.9 Å². The van der Waals surface area contributed by atoms with Crippen LogP contribution in [0.2, 0.25) is 5.02 Å². The number of carbonyl (C=O) groups is 3. The number of hydrogen-bond donors (Lipinski definition) is 0. The second-order valence-electron chi connectivity index (χ2n) is 7.54. The Morgan fingerprint density at radius 2 is 1.76 bits per heavy atom. The lowest BCUT2D eigenvalue weighted by Crippen LogP contribution is -2.56. The van der Waals surface area contributed by atoms with Crippen molar-refractivity contribution in [3.05, 3.63) is 70.9 Å². The molecule has 7 nitrogen and oxygen atoms in total. The highest BCUT2D eigenvalue weighted by Gasteiger charge is 2.39. The molecule has 1 aromatic heterocycles. The largest absolute Gasteiger partial charge is 0.465 e. The molecule has 2 amide bonds. The number of ether oxygens (including phenoxy) is 1. The fourth-order valence-electron chi connectivity index (χ4n) is 3.89. The summed E-state index contributed by atoms with van der Waals surface area (Å²) in [5, 5.41) is 1.43. The second kappa shape index (κ2) is 9.79. The van der Waals surface area contributed by atoms with E-state index in [4.69, 9.17) is 28.6 Å². The van der Waals surface area contributed by atoms with Crippen LogP contribution in [0.15, 0.2) is 60.3 Å². The molecule has 1 fully saturated rings. The van der Waals surface area contributed by atoms with Crippen molar-refractivity contribution in [2.24, 2.45) is 0 Å². The van der Waals surface area contributed by atoms with Crippen molar-refractivity contribution in [3.8, 4) is 0 Å². The van der Waals surface area contributed by atoms with Crippen molar-refractivity contribution in [3.63, 3.8) is 0 Å². The Labute approximate surface area is 207 Å². The summed E-state index contributed by atoms with van der Waals surface area (Å²) in [6, 6.07) is 14.1. The first-order valence-electron chi connectivity index (χ1n) is 10.8. The van der Waals surface area contributed by atoms with Crippen LogP contribution in [0.25, 0.3) is 17.0 Å². The molecule has 9 heteroatoms. The number of likely N-dealkylation sites (N-methyl/N-ethyl adjacent to an activating group) is 1. The number of esters is 1. The number of para-hydroxylation sites is 1. The molecule has 174 valence electrons. The number of nitrogens with zero attached hydrogens (tertiary/aromatic N) is 3. The Kier molecular flexibility index (Phi) is 6.81. The monoisotopic (exact) mass is 495 g/mol. The van der Waals surface area contributed by atoms with Crippen LogP contribution >= 0.6 is 23.8 Å². The number of thiocarbonyl (C=S) groups is 1. The van der Waals surface area contributed by atoms with Gasteiger partial charge in [-0.15, -0.1) is 0 Å². The van der Waals surface area contributed by atoms with Gasteiger partial charge in [-0.25, -0.2) is 0 Å². The zero-order chi connectivity index (χ0) is 24.4. The van der Waals surface area contributed by atoms with Crippen molar-refractivity contribution in [1.82, 2.24) is 9.47 Å². The van der Waals surface area contributed by atoms with Gasteiger partial charge in [0.1, 0.15) is 12.1 Å². The topological polar surface area (TPSA) is 71.8 Å². The highest BCUT2D eigenvalue weighted by atomic mass is 35.5. The predicted octanol–water partition coefficient (Wildman–Crippen LogP) is 4.42. The summed E-state index contributed by atoms with van der Waals surface area (Å²) >= 11 is 11.5. The average molecular weight is 496 g/mol. The quantitative estimate of drug-likeness (QED) is 0.219. The normalized spacial score (nSPS) is 15.5. The number of halogens is 1. The number of amides is 2. The number of anilines is 1. The SMILES string of the molecule is CCOC(=O)Cn1cc(/C=C2\C(=O)N(CC)C(=S)N(c3ccc(Cl)cc3)C2=O)c2ccccc21. The molecular formula is C25H22ClN3O4S. The van der Waals surface area contributed by atoms with Crippen molar-refractivity contribution < 1.29 is 19.1 Å². The third-order valence-corrected chi connectivity index (χ3v) is 6.11. The number of hydrogen-bond acceptors (Lipinski definition) is 5. The van der Waals surface area contributed by atoms with Crippen LogP contribution in [0, 0.1) is 0 Å². The van der Waals surface area contributed by atoms with Gasteiger partial charge in [0.05, 0.1) is 12.3 Å². The van der Waals surface area contributed by atoms with Gasteiger partial charge in [0.15, 0.2) is 5.11 Å². The summed E-state index contributed by atoms with van der Waals surface area (Å²) < 4.78 is 6.83. The molecule has 0 unspecified atom stereocenters. The first-order valence-corrected chi connectivity index (χ1v) is 11.5. The number of fused-ring (bicyclic) bond motifs is 1. The molecule has 1 aliphatic rings. The van der Waals surface area contributed by atoms with Gasteiger partial charge in [-0.3, -0.25) is 24.2 Å². The van der Waals surface area contributed by atoms with Crippen molar-refractivity contribution >= 4 is 69.4 Å². The molecule has 2 aromatic carbocycles. The van der Waals surface area contributed by atoms with Crippen LogP contribution in [-0.4, -0.2) is 45.5 Å². The Hall–Kier alpha value is -3.49. The molecular weight excluding hydrogens is 474 g/mol. The summed E-state index contributed by atoms with van der Waals surface area (Å²) in [6.45, 7) is 4.14. The van der Waals surface area contributed by atoms with Crippen LogP contribution in [0.4, 0.5) is 5.69 Å². The van der Waals surface area contributed by atoms with E-state index in [1.54, 1.807) is 55.0 Å². The summed E-state index contributed by atoms with van der Waals surface area (Å²) in [5.74, 6) is -1.36. The van der Waals surface area contributed by atoms with Gasteiger partial charge < -0.3 is 9.30 Å². The standard InChI is InChI=1S/C25H22ClN3O4S/c1-3-28-23(31)20(24(32)29(25(28)34)18-11-9-17(26)10-12-18)13-16-14-27(15-22(30)33-4-2)21-8-6-5-7-19(16)21/h5-14H,3-4,15H2,1-2H3/b20-13+. The summed E-state index contributed by atoms with van der Waals surface area (Å²) in [4.78, 5) is 41.6. The maximum atomic E-state index is 13.5. The zero-order valence-electron chi connectivity index (χ0n) is 18.7. The van der Waals surface area contributed by atoms with Gasteiger partial charge in [0, 0.05) is 34.2 Å². The molecule has 34 heavy (non-hydrogen) atoms. The smallest absolute Gasteiger partial charge is 0.325 e. The lowest BCUT2D eigenvalue weighted by Gasteiger charge is -2.36. The van der Waals surface area contributed by atoms with E-state index >= 15 is 0 Å². The van der Waals surface area contributed by atoms with E-state index in [9.17, 15) is 14.4 Å². The summed E-state index contributed by atoms with van der Waals surface area (Å²) in [7, 11) is 0. The van der Waals surface area contributed by atoms with Crippen LogP contribution in [-0.2, 0) is 25.7 Å². The van der Waals surface area contributed by atoms with E-state index in [-0.39, 0.29) is 29.8 Å². The van der Waals surface area contributed by atoms with E-state index in [1.807, 2.05) is 24.3 Å². The van der Waals surface area contributed by atoms with Gasteiger partial charge in [-0.2, -0.15) is 0 Å². The van der Waals surface area contributed by atoms with Crippen molar-refractivity contribution in [2.75, 3.05) is 18.1 Å². The minimum absolute atomic E-state index is 0.0154. The minimum Gasteiger partial charge on any atom is -0.465 e. The molecule has 4 rings (SSSR count). The van der Waals surface area contributed by atoms with E-state index < -0.39 is 11.8 Å². The molecule has 0 N–H and O–H groups in total. The number of carbonyl (C=O) groups excluding carboxylic acids is 3. The lowest BCUT2D eigenvalue weighted by molar-refractivity contribution is -0.143. The molecule has 0 radical (unpaired) electrons. The first-order chi connectivity index (χ1) is 16.3. The lowest BCUT2D eigenvalue weighted by atomic mass is 10.1. The molecule has 0 aliphatic carbocycles. The maximum Gasteiger partial charge on any atom is 0.325 e. The average Bonchev–Trinajstić information content (AvgIpc) is 3.15. The molecule has 0 spiro atoms. The van der Waals surface area contributed by atoms with Gasteiger partial charge in [0.25, 0.3) is 11.8 Å². The molecule has 0 atom stereocenters. The molecule has 0 saturated carbocycles. The van der Waals surface area contributed by atoms with Crippen LogP contribution in [0.3, 0.4) is 0 Å². The third kappa shape index (κ3) is 4.34. The fraction of sp³-hybridized carbons (Fsp3) is 0.200. The van der Waals surface area contributed by atoms with Gasteiger partial charge >= 0.3 is 5.97 Å². The van der Waals surface area contributed by atoms with E-state index in [1.165, 1.54) is 9.80 Å². The molecule has 1 aliphatic heterocycles. The van der Waals surface area contributed by atoms with Crippen LogP contribution in [0.1, 0.15) is 19.4 Å². The summed E-state index contributed by atoms with van der Waals surface area (Å²) in [5.41, 5.74) is 1.91. The van der Waals surface area contributed by atoms with Crippen molar-refractivity contribution in [1.29, 1.82) is 0 Å². The Balaban J connectivity index is 1.81. The van der Waals surface area contributed by atoms with Crippen LogP contribution in [0.5, 0.6) is 0 Å². The first kappa shape index (κ1) is 23.7. The minimum atomic E-state index is -0.524. The Bertz CT molecular complexity index is 1330. The maximum absolute atomic E-state index is 13.5. The van der Waals surface area contributed by atoms with Gasteiger partial charge in [-0.1, -0.05) is 29.8 Å². The highest BCUT2D eigenvalue weighted by molar-refractivity contribution is 7.80. The van der Waals surface area contributed by atoms with Gasteiger partial charge in [0.2, 0.25) is 0 Å². The number of benzene rings is 2. The predicted molar refractivity (Wildman–Crippen MR) is 135 cm³/mol. The summed E-state index contributed by atoms with van der Waals surface area (Å²) in [6.07, 6.45) is 3.30. The molecule has 0 bridgehead atoms. The molecule has 1 saturated heterocycles. The number of aromatic nitrogens is 1. The molecule has 3 aromatic rings. The number of rotatable bonds is 6. The Morgan fingerprint density at radius 3 is 2.44 bits per heavy atom. The Morgan fingerprint density at radius 1 is 1.06 bits per heavy atom. The molecule has 2 heterocycles.